The van der Waals surface area contributed by atoms with Gasteiger partial charge < -0.3 is 4.74 Å². The smallest absolute Gasteiger partial charge is 0.263 e. The predicted molar refractivity (Wildman–Crippen MR) is 47.3 cm³/mol. The van der Waals surface area contributed by atoms with Crippen LogP contribution in [0.3, 0.4) is 0 Å². The van der Waals surface area contributed by atoms with Crippen molar-refractivity contribution in [3.05, 3.63) is 29.3 Å². The van der Waals surface area contributed by atoms with Crippen LogP contribution in [0.1, 0.15) is 24.5 Å². The van der Waals surface area contributed by atoms with Gasteiger partial charge in [0.05, 0.1) is 7.11 Å². The zero-order valence-corrected chi connectivity index (χ0v) is 7.68. The molecule has 0 heterocycles. The Kier molecular flexibility index (Phi) is 3.23. The van der Waals surface area contributed by atoms with Crippen molar-refractivity contribution in [3.8, 4) is 5.75 Å². The topological polar surface area (TPSA) is 9.23 Å². The quantitative estimate of drug-likeness (QED) is 0.704. The molecular weight excluding hydrogens is 174 g/mol. The second kappa shape index (κ2) is 4.21. The molecule has 0 amide bonds. The van der Waals surface area contributed by atoms with Crippen molar-refractivity contribution in [1.82, 2.24) is 0 Å². The molecular formula is C10H12F2O. The van der Waals surface area contributed by atoms with Crippen LogP contribution in [0, 0.1) is 0 Å². The molecule has 1 nitrogen and oxygen atoms in total. The molecule has 1 aromatic carbocycles. The summed E-state index contributed by atoms with van der Waals surface area (Å²) in [4.78, 5) is 0. The van der Waals surface area contributed by atoms with Gasteiger partial charge in [-0.2, -0.15) is 0 Å². The lowest BCUT2D eigenvalue weighted by Crippen LogP contribution is -1.93. The number of hydrogen-bond donors (Lipinski definition) is 0. The van der Waals surface area contributed by atoms with E-state index in [4.69, 9.17) is 4.74 Å². The number of halogens is 2. The van der Waals surface area contributed by atoms with E-state index in [1.807, 2.05) is 6.92 Å². The maximum atomic E-state index is 12.3. The van der Waals surface area contributed by atoms with Gasteiger partial charge in [-0.15, -0.1) is 0 Å². The summed E-state index contributed by atoms with van der Waals surface area (Å²) in [5.74, 6) is 0.673. The largest absolute Gasteiger partial charge is 0.496 e. The lowest BCUT2D eigenvalue weighted by atomic mass is 10.1. The van der Waals surface area contributed by atoms with Gasteiger partial charge in [0.2, 0.25) is 0 Å². The SMILES string of the molecule is CCc1cc(C(F)F)ccc1OC. The Morgan fingerprint density at radius 1 is 1.38 bits per heavy atom. The summed E-state index contributed by atoms with van der Waals surface area (Å²) in [6, 6.07) is 4.46. The van der Waals surface area contributed by atoms with Gasteiger partial charge >= 0.3 is 0 Å². The van der Waals surface area contributed by atoms with Gasteiger partial charge in [-0.05, 0) is 30.2 Å². The number of alkyl halides is 2. The first-order valence-electron chi connectivity index (χ1n) is 4.14. The number of benzene rings is 1. The summed E-state index contributed by atoms with van der Waals surface area (Å²) >= 11 is 0. The van der Waals surface area contributed by atoms with Gasteiger partial charge in [0, 0.05) is 5.56 Å². The molecule has 0 aliphatic heterocycles. The van der Waals surface area contributed by atoms with E-state index in [0.717, 1.165) is 5.56 Å². The van der Waals surface area contributed by atoms with Crippen LogP contribution in [0.25, 0.3) is 0 Å². The predicted octanol–water partition coefficient (Wildman–Crippen LogP) is 3.20. The Hall–Kier alpha value is -1.12. The van der Waals surface area contributed by atoms with Crippen molar-refractivity contribution in [1.29, 1.82) is 0 Å². The van der Waals surface area contributed by atoms with Gasteiger partial charge in [-0.1, -0.05) is 6.92 Å². The Morgan fingerprint density at radius 3 is 2.54 bits per heavy atom. The third-order valence-electron chi connectivity index (χ3n) is 1.94. The lowest BCUT2D eigenvalue weighted by Gasteiger charge is -2.08. The van der Waals surface area contributed by atoms with E-state index in [1.165, 1.54) is 19.2 Å². The van der Waals surface area contributed by atoms with Crippen molar-refractivity contribution in [2.24, 2.45) is 0 Å². The highest BCUT2D eigenvalue weighted by Gasteiger charge is 2.09. The molecule has 0 fully saturated rings. The maximum absolute atomic E-state index is 12.3. The Labute approximate surface area is 76.3 Å². The fraction of sp³-hybridized carbons (Fsp3) is 0.400. The molecule has 0 radical (unpaired) electrons. The number of hydrogen-bond acceptors (Lipinski definition) is 1. The molecule has 0 saturated carbocycles. The number of aryl methyl sites for hydroxylation is 1. The molecule has 0 bridgehead atoms. The molecule has 1 aromatic rings. The lowest BCUT2D eigenvalue weighted by molar-refractivity contribution is 0.151. The van der Waals surface area contributed by atoms with Gasteiger partial charge in [0.15, 0.2) is 0 Å². The second-order valence-corrected chi connectivity index (χ2v) is 2.73. The van der Waals surface area contributed by atoms with Gasteiger partial charge in [0.1, 0.15) is 5.75 Å². The van der Waals surface area contributed by atoms with Crippen molar-refractivity contribution in [3.63, 3.8) is 0 Å². The summed E-state index contributed by atoms with van der Waals surface area (Å²) < 4.78 is 29.6. The van der Waals surface area contributed by atoms with Gasteiger partial charge in [-0.25, -0.2) is 8.78 Å². The monoisotopic (exact) mass is 186 g/mol. The standard InChI is InChI=1S/C10H12F2O/c1-3-7-6-8(10(11)12)4-5-9(7)13-2/h4-6,10H,3H2,1-2H3. The minimum atomic E-state index is -2.41. The van der Waals surface area contributed by atoms with E-state index in [9.17, 15) is 8.78 Å². The van der Waals surface area contributed by atoms with Crippen LogP contribution >= 0.6 is 0 Å². The van der Waals surface area contributed by atoms with Crippen molar-refractivity contribution >= 4 is 0 Å². The number of ether oxygens (including phenoxy) is 1. The highest BCUT2D eigenvalue weighted by Crippen LogP contribution is 2.26. The fourth-order valence-corrected chi connectivity index (χ4v) is 1.21. The van der Waals surface area contributed by atoms with E-state index in [1.54, 1.807) is 6.07 Å². The molecule has 0 N–H and O–H groups in total. The molecule has 1 rings (SSSR count). The van der Waals surface area contributed by atoms with E-state index < -0.39 is 6.43 Å². The molecule has 0 spiro atoms. The van der Waals surface area contributed by atoms with Crippen LogP contribution in [0.4, 0.5) is 8.78 Å². The van der Waals surface area contributed by atoms with Gasteiger partial charge in [-0.3, -0.25) is 0 Å². The molecule has 0 aromatic heterocycles. The summed E-state index contributed by atoms with van der Waals surface area (Å²) in [5, 5.41) is 0. The number of rotatable bonds is 3. The highest BCUT2D eigenvalue weighted by atomic mass is 19.3. The third kappa shape index (κ3) is 2.17. The fourth-order valence-electron chi connectivity index (χ4n) is 1.21. The van der Waals surface area contributed by atoms with Gasteiger partial charge in [0.25, 0.3) is 6.43 Å². The van der Waals surface area contributed by atoms with Crippen molar-refractivity contribution in [2.45, 2.75) is 19.8 Å². The molecule has 72 valence electrons. The Morgan fingerprint density at radius 2 is 2.08 bits per heavy atom. The first-order valence-corrected chi connectivity index (χ1v) is 4.14. The van der Waals surface area contributed by atoms with Crippen molar-refractivity contribution in [2.75, 3.05) is 7.11 Å². The average molecular weight is 186 g/mol. The third-order valence-corrected chi connectivity index (χ3v) is 1.94. The normalized spacial score (nSPS) is 10.5. The summed E-state index contributed by atoms with van der Waals surface area (Å²) in [6.07, 6.45) is -1.71. The molecule has 0 aliphatic rings. The van der Waals surface area contributed by atoms with E-state index in [2.05, 4.69) is 0 Å². The minimum absolute atomic E-state index is 0.0534. The van der Waals surface area contributed by atoms with Crippen LogP contribution < -0.4 is 4.74 Å². The van der Waals surface area contributed by atoms with Crippen LogP contribution in [0.2, 0.25) is 0 Å². The summed E-state index contributed by atoms with van der Waals surface area (Å²) in [7, 11) is 1.54. The maximum Gasteiger partial charge on any atom is 0.263 e. The van der Waals surface area contributed by atoms with Crippen molar-refractivity contribution < 1.29 is 13.5 Å². The summed E-state index contributed by atoms with van der Waals surface area (Å²) in [6.45, 7) is 1.91. The Balaban J connectivity index is 3.05. The second-order valence-electron chi connectivity index (χ2n) is 2.73. The minimum Gasteiger partial charge on any atom is -0.496 e. The molecule has 3 heteroatoms. The van der Waals surface area contributed by atoms with E-state index >= 15 is 0 Å². The van der Waals surface area contributed by atoms with E-state index in [0.29, 0.717) is 12.2 Å². The summed E-state index contributed by atoms with van der Waals surface area (Å²) in [5.41, 5.74) is 0.873. The Bertz CT molecular complexity index is 284. The zero-order chi connectivity index (χ0) is 9.84. The van der Waals surface area contributed by atoms with Crippen LogP contribution in [-0.4, -0.2) is 7.11 Å². The highest BCUT2D eigenvalue weighted by molar-refractivity contribution is 5.37. The average Bonchev–Trinajstić information content (AvgIpc) is 2.16. The van der Waals surface area contributed by atoms with Crippen LogP contribution in [0.5, 0.6) is 5.75 Å². The molecule has 0 saturated heterocycles. The van der Waals surface area contributed by atoms with Crippen LogP contribution in [0.15, 0.2) is 18.2 Å². The molecule has 13 heavy (non-hydrogen) atoms. The molecule has 0 atom stereocenters. The first kappa shape index (κ1) is 9.96. The molecule has 0 aliphatic carbocycles. The zero-order valence-electron chi connectivity index (χ0n) is 7.68. The van der Waals surface area contributed by atoms with Crippen LogP contribution in [-0.2, 0) is 6.42 Å². The number of methoxy groups -OCH3 is 1. The molecule has 0 unspecified atom stereocenters. The first-order chi connectivity index (χ1) is 6.19. The van der Waals surface area contributed by atoms with E-state index in [-0.39, 0.29) is 5.56 Å².